The van der Waals surface area contributed by atoms with E-state index >= 15 is 0 Å². The van der Waals surface area contributed by atoms with Crippen LogP contribution in [0.1, 0.15) is 39.5 Å². The molecule has 0 bridgehead atoms. The van der Waals surface area contributed by atoms with Crippen LogP contribution in [0.4, 0.5) is 0 Å². The van der Waals surface area contributed by atoms with Crippen LogP contribution in [0.3, 0.4) is 0 Å². The molecule has 0 radical (unpaired) electrons. The van der Waals surface area contributed by atoms with Gasteiger partial charge in [0.25, 0.3) is 0 Å². The second-order valence-electron chi connectivity index (χ2n) is 3.14. The van der Waals surface area contributed by atoms with Gasteiger partial charge < -0.3 is 0 Å². The Morgan fingerprint density at radius 1 is 1.17 bits per heavy atom. The SMILES string of the molecule is CCC[CH2][SnH]([CH2]CCC)[O]C=O. The normalized spacial score (nSPS) is 10.2. The van der Waals surface area contributed by atoms with E-state index in [0.717, 1.165) is 0 Å². The summed E-state index contributed by atoms with van der Waals surface area (Å²) in [4.78, 5) is 10.2. The molecule has 0 aromatic carbocycles. The second-order valence-corrected chi connectivity index (χ2v) is 10.8. The van der Waals surface area contributed by atoms with E-state index in [1.165, 1.54) is 34.6 Å². The molecule has 0 aromatic rings. The molecule has 3 heteroatoms. The van der Waals surface area contributed by atoms with Gasteiger partial charge >= 0.3 is 82.9 Å². The maximum atomic E-state index is 10.2. The molecule has 0 rings (SSSR count). The predicted molar refractivity (Wildman–Crippen MR) is 53.7 cm³/mol. The zero-order chi connectivity index (χ0) is 9.23. The molecule has 0 aliphatic carbocycles. The summed E-state index contributed by atoms with van der Waals surface area (Å²) < 4.78 is 7.64. The fraction of sp³-hybridized carbons (Fsp3) is 0.889. The molecular weight excluding hydrogens is 259 g/mol. The average molecular weight is 279 g/mol. The molecule has 0 aromatic heterocycles. The van der Waals surface area contributed by atoms with E-state index in [2.05, 4.69) is 13.8 Å². The van der Waals surface area contributed by atoms with Gasteiger partial charge in [-0.25, -0.2) is 0 Å². The van der Waals surface area contributed by atoms with Crippen LogP contribution in [0.15, 0.2) is 0 Å². The van der Waals surface area contributed by atoms with E-state index < -0.39 is 20.2 Å². The van der Waals surface area contributed by atoms with Gasteiger partial charge in [-0.2, -0.15) is 0 Å². The number of carbonyl (C=O) groups is 1. The third kappa shape index (κ3) is 6.95. The van der Waals surface area contributed by atoms with Crippen LogP contribution in [-0.2, 0) is 7.87 Å². The van der Waals surface area contributed by atoms with Crippen LogP contribution in [0.5, 0.6) is 0 Å². The summed E-state index contributed by atoms with van der Waals surface area (Å²) in [5.74, 6) is 0. The Kier molecular flexibility index (Phi) is 9.57. The zero-order valence-electron chi connectivity index (χ0n) is 8.21. The van der Waals surface area contributed by atoms with Gasteiger partial charge in [-0.15, -0.1) is 0 Å². The van der Waals surface area contributed by atoms with Crippen LogP contribution in [-0.4, -0.2) is 26.6 Å². The first-order valence-corrected chi connectivity index (χ1v) is 10.9. The van der Waals surface area contributed by atoms with E-state index in [1.54, 1.807) is 0 Å². The summed E-state index contributed by atoms with van der Waals surface area (Å²) in [7, 11) is 0. The minimum absolute atomic E-state index is 0.673. The van der Waals surface area contributed by atoms with Gasteiger partial charge in [-0.1, -0.05) is 0 Å². The van der Waals surface area contributed by atoms with Crippen molar-refractivity contribution >= 4 is 26.6 Å². The Morgan fingerprint density at radius 3 is 2.00 bits per heavy atom. The van der Waals surface area contributed by atoms with Crippen LogP contribution >= 0.6 is 0 Å². The molecule has 0 spiro atoms. The van der Waals surface area contributed by atoms with Gasteiger partial charge in [0.1, 0.15) is 0 Å². The summed E-state index contributed by atoms with van der Waals surface area (Å²) in [5, 5.41) is 0. The molecule has 0 heterocycles. The first-order valence-electron chi connectivity index (χ1n) is 4.94. The first kappa shape index (κ1) is 12.3. The molecule has 0 aliphatic rings. The molecule has 0 atom stereocenters. The standard InChI is InChI=1S/2C4H9.CH2O2.Sn.H/c2*1-3-4-2;2-1-3;;/h2*1,3-4H2,2H3;1H,(H,2,3);;/q;;;+1;/p-1. The van der Waals surface area contributed by atoms with Crippen molar-refractivity contribution in [2.45, 2.75) is 48.4 Å². The van der Waals surface area contributed by atoms with Gasteiger partial charge in [0.15, 0.2) is 0 Å². The summed E-state index contributed by atoms with van der Waals surface area (Å²) in [6.45, 7) is 5.04. The van der Waals surface area contributed by atoms with Crippen molar-refractivity contribution in [2.24, 2.45) is 0 Å². The summed E-state index contributed by atoms with van der Waals surface area (Å²) >= 11 is -1.81. The maximum absolute atomic E-state index is 10.2. The molecule has 72 valence electrons. The first-order chi connectivity index (χ1) is 5.85. The molecule has 0 saturated heterocycles. The van der Waals surface area contributed by atoms with Crippen LogP contribution in [0, 0.1) is 0 Å². The van der Waals surface area contributed by atoms with E-state index in [0.29, 0.717) is 6.47 Å². The summed E-state index contributed by atoms with van der Waals surface area (Å²) in [6.07, 6.45) is 4.94. The van der Waals surface area contributed by atoms with Crippen LogP contribution in [0.2, 0.25) is 8.87 Å². The van der Waals surface area contributed by atoms with Gasteiger partial charge in [0.05, 0.1) is 0 Å². The van der Waals surface area contributed by atoms with Crippen LogP contribution < -0.4 is 0 Å². The zero-order valence-corrected chi connectivity index (χ0v) is 11.5. The third-order valence-electron chi connectivity index (χ3n) is 2.01. The Labute approximate surface area is 83.0 Å². The van der Waals surface area contributed by atoms with Crippen molar-refractivity contribution in [3.8, 4) is 0 Å². The fourth-order valence-electron chi connectivity index (χ4n) is 1.22. The van der Waals surface area contributed by atoms with E-state index in [1.807, 2.05) is 0 Å². The minimum atomic E-state index is -1.81. The molecule has 12 heavy (non-hydrogen) atoms. The van der Waals surface area contributed by atoms with E-state index in [4.69, 9.17) is 3.07 Å². The predicted octanol–water partition coefficient (Wildman–Crippen LogP) is 2.48. The summed E-state index contributed by atoms with van der Waals surface area (Å²) in [6, 6.07) is 0. The van der Waals surface area contributed by atoms with Gasteiger partial charge in [-0.05, 0) is 0 Å². The average Bonchev–Trinajstić information content (AvgIpc) is 2.10. The molecule has 0 amide bonds. The molecule has 0 N–H and O–H groups in total. The number of unbranched alkanes of at least 4 members (excludes halogenated alkanes) is 2. The van der Waals surface area contributed by atoms with Crippen molar-refractivity contribution in [2.75, 3.05) is 0 Å². The number of rotatable bonds is 8. The molecule has 0 unspecified atom stereocenters. The molecule has 0 fully saturated rings. The van der Waals surface area contributed by atoms with Crippen molar-refractivity contribution in [3.63, 3.8) is 0 Å². The number of hydrogen-bond donors (Lipinski definition) is 0. The quantitative estimate of drug-likeness (QED) is 0.504. The molecule has 2 nitrogen and oxygen atoms in total. The molecule has 0 saturated carbocycles. The van der Waals surface area contributed by atoms with Gasteiger partial charge in [-0.3, -0.25) is 0 Å². The number of hydrogen-bond acceptors (Lipinski definition) is 2. The number of carbonyl (C=O) groups excluding carboxylic acids is 1. The Balaban J connectivity index is 3.46. The topological polar surface area (TPSA) is 26.3 Å². The monoisotopic (exact) mass is 280 g/mol. The third-order valence-corrected chi connectivity index (χ3v) is 9.43. The van der Waals surface area contributed by atoms with Crippen LogP contribution in [0.25, 0.3) is 0 Å². The Bertz CT molecular complexity index is 98.7. The second kappa shape index (κ2) is 9.36. The van der Waals surface area contributed by atoms with Gasteiger partial charge in [0.2, 0.25) is 0 Å². The van der Waals surface area contributed by atoms with Crippen molar-refractivity contribution in [3.05, 3.63) is 0 Å². The fourth-order valence-corrected chi connectivity index (χ4v) is 8.20. The molecular formula is C9H20O2Sn. The van der Waals surface area contributed by atoms with E-state index in [-0.39, 0.29) is 0 Å². The van der Waals surface area contributed by atoms with Crippen molar-refractivity contribution in [1.29, 1.82) is 0 Å². The summed E-state index contributed by atoms with van der Waals surface area (Å²) in [5.41, 5.74) is 0. The Morgan fingerprint density at radius 2 is 1.67 bits per heavy atom. The Hall–Kier alpha value is 0.269. The van der Waals surface area contributed by atoms with Crippen molar-refractivity contribution < 1.29 is 7.87 Å². The molecule has 0 aliphatic heterocycles. The van der Waals surface area contributed by atoms with Crippen molar-refractivity contribution in [1.82, 2.24) is 0 Å². The van der Waals surface area contributed by atoms with Gasteiger partial charge in [0, 0.05) is 0 Å². The van der Waals surface area contributed by atoms with E-state index in [9.17, 15) is 4.79 Å².